The summed E-state index contributed by atoms with van der Waals surface area (Å²) in [4.78, 5) is 0. The van der Waals surface area contributed by atoms with Gasteiger partial charge in [0.05, 0.1) is 0 Å². The van der Waals surface area contributed by atoms with Crippen molar-refractivity contribution in [1.29, 1.82) is 0 Å². The van der Waals surface area contributed by atoms with Crippen molar-refractivity contribution in [2.24, 2.45) is 0 Å². The first kappa shape index (κ1) is 13.9. The molecule has 0 radical (unpaired) electrons. The molecule has 0 spiro atoms. The Balaban J connectivity index is 3.73. The zero-order valence-corrected chi connectivity index (χ0v) is 10.2. The number of hydroxylamine groups is 2. The molecule has 0 rings (SSSR count). The predicted molar refractivity (Wildman–Crippen MR) is 61.9 cm³/mol. The summed E-state index contributed by atoms with van der Waals surface area (Å²) < 4.78 is 2.18. The van der Waals surface area contributed by atoms with E-state index in [0.29, 0.717) is 0 Å². The second-order valence-electron chi connectivity index (χ2n) is 4.22. The molecule has 0 aliphatic rings. The van der Waals surface area contributed by atoms with Crippen molar-refractivity contribution in [3.8, 4) is 0 Å². The van der Waals surface area contributed by atoms with Gasteiger partial charge in [-0.25, -0.2) is 4.74 Å². The lowest BCUT2D eigenvalue weighted by Gasteiger charge is -2.06. The summed E-state index contributed by atoms with van der Waals surface area (Å²) in [5.41, 5.74) is 0. The molecule has 0 unspecified atom stereocenters. The van der Waals surface area contributed by atoms with Gasteiger partial charge >= 0.3 is 0 Å². The van der Waals surface area contributed by atoms with E-state index in [9.17, 15) is 10.4 Å². The van der Waals surface area contributed by atoms with Crippen LogP contribution in [0.3, 0.4) is 0 Å². The number of unbranched alkanes of at least 4 members (excludes halogenated alkanes) is 2. The Hall–Kier alpha value is -1.06. The molecule has 0 bridgehead atoms. The first-order valence-electron chi connectivity index (χ1n) is 5.54. The van der Waals surface area contributed by atoms with Gasteiger partial charge in [-0.15, -0.1) is 0 Å². The van der Waals surface area contributed by atoms with E-state index in [4.69, 9.17) is 0 Å². The standard InChI is InChI=1S/C11H23N2O2/c1-10(2)12(14)8-6-5-7-9-13(15)11(3)4/h8-11,14H,5-7H2,1-4H3/q+1. The van der Waals surface area contributed by atoms with Gasteiger partial charge in [0.15, 0.2) is 24.5 Å². The number of hydrogen-bond acceptors (Lipinski definition) is 2. The van der Waals surface area contributed by atoms with Gasteiger partial charge in [-0.1, -0.05) is 0 Å². The van der Waals surface area contributed by atoms with Crippen LogP contribution in [-0.2, 0) is 0 Å². The summed E-state index contributed by atoms with van der Waals surface area (Å²) in [7, 11) is 0. The fourth-order valence-corrected chi connectivity index (χ4v) is 0.982. The average Bonchev–Trinajstić information content (AvgIpc) is 2.16. The molecule has 0 aromatic rings. The van der Waals surface area contributed by atoms with Gasteiger partial charge in [0.25, 0.3) is 0 Å². The number of hydrogen-bond donors (Lipinski definition) is 1. The van der Waals surface area contributed by atoms with Crippen LogP contribution in [0.1, 0.15) is 47.0 Å². The van der Waals surface area contributed by atoms with Crippen molar-refractivity contribution < 1.29 is 14.7 Å². The molecule has 0 atom stereocenters. The highest BCUT2D eigenvalue weighted by atomic mass is 16.5. The van der Waals surface area contributed by atoms with Crippen LogP contribution in [-0.4, -0.2) is 39.2 Å². The van der Waals surface area contributed by atoms with Crippen LogP contribution in [0.2, 0.25) is 0 Å². The van der Waals surface area contributed by atoms with E-state index in [0.717, 1.165) is 24.0 Å². The summed E-state index contributed by atoms with van der Waals surface area (Å²) in [6.45, 7) is 7.56. The van der Waals surface area contributed by atoms with E-state index in [1.165, 1.54) is 4.74 Å². The van der Waals surface area contributed by atoms with Crippen LogP contribution in [0, 0.1) is 5.21 Å². The lowest BCUT2D eigenvalue weighted by molar-refractivity contribution is -0.792. The van der Waals surface area contributed by atoms with E-state index in [1.54, 1.807) is 12.4 Å². The Morgan fingerprint density at radius 1 is 1.07 bits per heavy atom. The zero-order chi connectivity index (χ0) is 11.8. The Bertz CT molecular complexity index is 209. The summed E-state index contributed by atoms with van der Waals surface area (Å²) in [5.74, 6) is 0. The van der Waals surface area contributed by atoms with Crippen LogP contribution in [0.25, 0.3) is 0 Å². The van der Waals surface area contributed by atoms with Crippen LogP contribution >= 0.6 is 0 Å². The van der Waals surface area contributed by atoms with Crippen LogP contribution < -0.4 is 0 Å². The molecule has 88 valence electrons. The van der Waals surface area contributed by atoms with Crippen LogP contribution in [0.15, 0.2) is 0 Å². The topological polar surface area (TPSA) is 49.3 Å². The average molecular weight is 215 g/mol. The lowest BCUT2D eigenvalue weighted by atomic mass is 10.2. The maximum Gasteiger partial charge on any atom is 0.196 e. The van der Waals surface area contributed by atoms with Gasteiger partial charge < -0.3 is 5.21 Å². The molecular weight excluding hydrogens is 192 g/mol. The number of rotatable bonds is 6. The van der Waals surface area contributed by atoms with Gasteiger partial charge in [0, 0.05) is 26.7 Å². The van der Waals surface area contributed by atoms with Crippen molar-refractivity contribution in [3.63, 3.8) is 0 Å². The molecule has 0 aromatic heterocycles. The first-order chi connectivity index (χ1) is 6.95. The number of nitrogens with zero attached hydrogens (tertiary/aromatic N) is 2. The highest BCUT2D eigenvalue weighted by Crippen LogP contribution is 1.93. The second-order valence-corrected chi connectivity index (χ2v) is 4.22. The summed E-state index contributed by atoms with van der Waals surface area (Å²) in [6.07, 6.45) is 5.84. The molecule has 15 heavy (non-hydrogen) atoms. The van der Waals surface area contributed by atoms with E-state index >= 15 is 0 Å². The van der Waals surface area contributed by atoms with E-state index < -0.39 is 0 Å². The largest absolute Gasteiger partial charge is 0.624 e. The monoisotopic (exact) mass is 215 g/mol. The molecule has 0 amide bonds. The Morgan fingerprint density at radius 2 is 1.60 bits per heavy atom. The van der Waals surface area contributed by atoms with Crippen LogP contribution in [0.5, 0.6) is 0 Å². The minimum absolute atomic E-state index is 0.0129. The maximum atomic E-state index is 11.1. The molecule has 0 heterocycles. The van der Waals surface area contributed by atoms with Crippen molar-refractivity contribution >= 4 is 12.4 Å². The normalized spacial score (nSPS) is 14.0. The van der Waals surface area contributed by atoms with Crippen molar-refractivity contribution in [2.45, 2.75) is 59.0 Å². The van der Waals surface area contributed by atoms with Crippen LogP contribution in [0.4, 0.5) is 0 Å². The molecule has 0 aromatic carbocycles. The maximum absolute atomic E-state index is 11.1. The molecule has 4 nitrogen and oxygen atoms in total. The Labute approximate surface area is 92.1 Å². The van der Waals surface area contributed by atoms with Gasteiger partial charge in [0.1, 0.15) is 0 Å². The smallest absolute Gasteiger partial charge is 0.196 e. The fourth-order valence-electron chi connectivity index (χ4n) is 0.982. The van der Waals surface area contributed by atoms with E-state index in [-0.39, 0.29) is 12.1 Å². The summed E-state index contributed by atoms with van der Waals surface area (Å²) >= 11 is 0. The molecule has 0 saturated carbocycles. The molecule has 4 heteroatoms. The predicted octanol–water partition coefficient (Wildman–Crippen LogP) is 2.03. The second kappa shape index (κ2) is 7.26. The van der Waals surface area contributed by atoms with Crippen molar-refractivity contribution in [3.05, 3.63) is 5.21 Å². The molecule has 0 aliphatic carbocycles. The summed E-state index contributed by atoms with van der Waals surface area (Å²) in [6, 6.07) is 0.125. The molecule has 1 N–H and O–H groups in total. The van der Waals surface area contributed by atoms with Gasteiger partial charge in [-0.05, 0) is 25.0 Å². The third-order valence-electron chi connectivity index (χ3n) is 2.07. The summed E-state index contributed by atoms with van der Waals surface area (Å²) in [5, 5.41) is 20.5. The van der Waals surface area contributed by atoms with Gasteiger partial charge in [0.2, 0.25) is 0 Å². The SMILES string of the molecule is CC(C)[N+]([O-])=CCCCC=[N+](O)C(C)C. The van der Waals surface area contributed by atoms with Gasteiger partial charge in [-0.2, -0.15) is 0 Å². The lowest BCUT2D eigenvalue weighted by Crippen LogP contribution is -2.17. The molecule has 0 aliphatic heterocycles. The zero-order valence-electron chi connectivity index (χ0n) is 10.2. The third-order valence-corrected chi connectivity index (χ3v) is 2.07. The highest BCUT2D eigenvalue weighted by Gasteiger charge is 2.05. The molecule has 0 saturated heterocycles. The Kier molecular flexibility index (Phi) is 6.75. The van der Waals surface area contributed by atoms with Crippen molar-refractivity contribution in [1.82, 2.24) is 0 Å². The minimum atomic E-state index is 0.0129. The molecule has 0 fully saturated rings. The van der Waals surface area contributed by atoms with E-state index in [2.05, 4.69) is 0 Å². The highest BCUT2D eigenvalue weighted by molar-refractivity contribution is 5.54. The Morgan fingerprint density at radius 3 is 2.07 bits per heavy atom. The quantitative estimate of drug-likeness (QED) is 0.184. The molecular formula is C11H23N2O2+. The van der Waals surface area contributed by atoms with Crippen molar-refractivity contribution in [2.75, 3.05) is 0 Å². The van der Waals surface area contributed by atoms with Gasteiger partial charge in [-0.3, -0.25) is 5.21 Å². The first-order valence-corrected chi connectivity index (χ1v) is 5.54. The third kappa shape index (κ3) is 6.94. The van der Waals surface area contributed by atoms with E-state index in [1.807, 2.05) is 27.7 Å². The minimum Gasteiger partial charge on any atom is -0.624 e. The fraction of sp³-hybridized carbons (Fsp3) is 0.818.